The van der Waals surface area contributed by atoms with Crippen LogP contribution in [0.15, 0.2) is 94.9 Å². The van der Waals surface area contributed by atoms with E-state index in [2.05, 4.69) is 0 Å². The molecule has 4 aliphatic rings. The minimum absolute atomic E-state index is 0.246. The molecule has 4 rings (SSSR count). The topological polar surface area (TPSA) is 217 Å². The molecule has 16 nitrogen and oxygen atoms in total. The number of cyclic esters (lactones) is 6. The van der Waals surface area contributed by atoms with E-state index < -0.39 is 82.0 Å². The molecule has 16 heteroatoms. The van der Waals surface area contributed by atoms with Crippen molar-refractivity contribution in [2.75, 3.05) is 0 Å². The number of allylic oxidation sites excluding steroid dienone is 8. The lowest BCUT2D eigenvalue weighted by Gasteiger charge is -2.45. The molecule has 2 unspecified atom stereocenters. The highest BCUT2D eigenvalue weighted by Gasteiger charge is 2.63. The Hall–Kier alpha value is -6.06. The van der Waals surface area contributed by atoms with E-state index in [1.807, 2.05) is 13.8 Å². The number of carbonyl (C=O) groups excluding carboxylic acids is 6. The molecule has 2 saturated heterocycles. The highest BCUT2D eigenvalue weighted by Crippen LogP contribution is 2.41. The summed E-state index contributed by atoms with van der Waals surface area (Å²) in [6, 6.07) is 0. The first-order valence-corrected chi connectivity index (χ1v) is 16.1. The molecule has 0 aliphatic carbocycles. The van der Waals surface area contributed by atoms with Gasteiger partial charge in [-0.2, -0.15) is 0 Å². The summed E-state index contributed by atoms with van der Waals surface area (Å²) in [5.74, 6) is -14.9. The number of esters is 6. The van der Waals surface area contributed by atoms with Crippen molar-refractivity contribution in [2.45, 2.75) is 90.4 Å². The van der Waals surface area contributed by atoms with E-state index in [-0.39, 0.29) is 11.1 Å². The van der Waals surface area contributed by atoms with Crippen molar-refractivity contribution in [1.82, 2.24) is 0 Å². The molecule has 0 saturated carbocycles. The van der Waals surface area contributed by atoms with Gasteiger partial charge in [0.2, 0.25) is 0 Å². The van der Waals surface area contributed by atoms with Crippen LogP contribution in [0.2, 0.25) is 0 Å². The second kappa shape index (κ2) is 15.0. The van der Waals surface area contributed by atoms with Crippen molar-refractivity contribution in [3.8, 4) is 0 Å². The molecule has 2 atom stereocenters. The van der Waals surface area contributed by atoms with E-state index in [4.69, 9.17) is 37.9 Å². The van der Waals surface area contributed by atoms with Gasteiger partial charge in [0.05, 0.1) is 0 Å². The number of rotatable bonds is 11. The van der Waals surface area contributed by atoms with Gasteiger partial charge in [0.15, 0.2) is 0 Å². The lowest BCUT2D eigenvalue weighted by molar-refractivity contribution is -0.365. The molecule has 2 N–H and O–H groups in total. The fourth-order valence-corrected chi connectivity index (χ4v) is 5.14. The van der Waals surface area contributed by atoms with Gasteiger partial charge in [-0.1, -0.05) is 50.3 Å². The molecular weight excluding hydrogens is 688 g/mol. The van der Waals surface area contributed by atoms with Gasteiger partial charge in [-0.05, 0) is 37.1 Å². The van der Waals surface area contributed by atoms with Gasteiger partial charge >= 0.3 is 47.4 Å². The Balaban J connectivity index is 1.39. The van der Waals surface area contributed by atoms with Crippen LogP contribution < -0.4 is 0 Å². The van der Waals surface area contributed by atoms with Crippen LogP contribution in [0.1, 0.15) is 67.2 Å². The van der Waals surface area contributed by atoms with Crippen molar-refractivity contribution in [2.24, 2.45) is 0 Å². The van der Waals surface area contributed by atoms with Crippen LogP contribution in [0, 0.1) is 0 Å². The fourth-order valence-electron chi connectivity index (χ4n) is 5.14. The Labute approximate surface area is 297 Å². The lowest BCUT2D eigenvalue weighted by atomic mass is 10.1. The van der Waals surface area contributed by atoms with Gasteiger partial charge in [0.25, 0.3) is 23.5 Å². The Morgan fingerprint density at radius 3 is 1.23 bits per heavy atom. The summed E-state index contributed by atoms with van der Waals surface area (Å²) in [6.45, 7) is 8.89. The largest absolute Gasteiger partial charge is 0.480 e. The highest BCUT2D eigenvalue weighted by molar-refractivity contribution is 6.16. The van der Waals surface area contributed by atoms with Crippen LogP contribution in [0.5, 0.6) is 0 Å². The van der Waals surface area contributed by atoms with Crippen molar-refractivity contribution < 1.29 is 76.9 Å². The van der Waals surface area contributed by atoms with E-state index in [1.54, 1.807) is 0 Å². The molecule has 0 aromatic heterocycles. The van der Waals surface area contributed by atoms with Crippen molar-refractivity contribution >= 4 is 35.8 Å². The third kappa shape index (κ3) is 8.28. The first kappa shape index (κ1) is 38.7. The first-order valence-electron chi connectivity index (χ1n) is 16.1. The lowest BCUT2D eigenvalue weighted by Crippen LogP contribution is -2.63. The molecule has 4 aliphatic heterocycles. The fraction of sp³-hybridized carbons (Fsp3) is 0.389. The Morgan fingerprint density at radius 1 is 0.462 bits per heavy atom. The summed E-state index contributed by atoms with van der Waals surface area (Å²) < 4.78 is 42.3. The predicted octanol–water partition coefficient (Wildman–Crippen LogP) is 4.42. The molecule has 0 aromatic carbocycles. The Morgan fingerprint density at radius 2 is 0.808 bits per heavy atom. The maximum Gasteiger partial charge on any atom is 0.349 e. The van der Waals surface area contributed by atoms with E-state index in [0.717, 1.165) is 32.1 Å². The van der Waals surface area contributed by atoms with Crippen molar-refractivity contribution in [1.29, 1.82) is 0 Å². The second-order valence-electron chi connectivity index (χ2n) is 12.3. The molecule has 278 valence electrons. The number of hydrogen-bond donors (Lipinski definition) is 2. The second-order valence-corrected chi connectivity index (χ2v) is 12.3. The zero-order valence-electron chi connectivity index (χ0n) is 29.2. The number of hydrogen-bond acceptors (Lipinski definition) is 16. The SMILES string of the molecule is CCCC1(C)OC(=O)C(=C/C=C/C=C/C2=C(O)OC(C)(C3(C)OC(=O)C(=C/C=C/C=C/C4=C(O)OC(C)(CCC)OC4=O)C(=O)O3)OC2=O)C(=O)O1. The summed E-state index contributed by atoms with van der Waals surface area (Å²) >= 11 is 0. The molecule has 52 heavy (non-hydrogen) atoms. The van der Waals surface area contributed by atoms with E-state index in [0.29, 0.717) is 25.7 Å². The number of aliphatic hydroxyl groups is 2. The summed E-state index contributed by atoms with van der Waals surface area (Å²) in [4.78, 5) is 75.4. The predicted molar refractivity (Wildman–Crippen MR) is 174 cm³/mol. The molecule has 0 spiro atoms. The maximum absolute atomic E-state index is 12.9. The molecular formula is C36H38O16. The van der Waals surface area contributed by atoms with Crippen LogP contribution in [0.4, 0.5) is 0 Å². The maximum atomic E-state index is 12.9. The molecule has 2 fully saturated rings. The quantitative estimate of drug-likeness (QED) is 0.0990. The number of aliphatic hydroxyl groups excluding tert-OH is 2. The average Bonchev–Trinajstić information content (AvgIpc) is 3.01. The van der Waals surface area contributed by atoms with E-state index in [1.165, 1.54) is 56.4 Å². The number of carbonyl (C=O) groups is 6. The molecule has 0 aromatic rings. The molecule has 0 radical (unpaired) electrons. The van der Waals surface area contributed by atoms with Crippen LogP contribution in [0.3, 0.4) is 0 Å². The van der Waals surface area contributed by atoms with Gasteiger partial charge < -0.3 is 48.1 Å². The van der Waals surface area contributed by atoms with Gasteiger partial charge in [0, 0.05) is 40.5 Å². The molecule has 0 amide bonds. The zero-order valence-corrected chi connectivity index (χ0v) is 29.2. The Bertz CT molecular complexity index is 1760. The average molecular weight is 727 g/mol. The third-order valence-electron chi connectivity index (χ3n) is 7.90. The smallest absolute Gasteiger partial charge is 0.349 e. The summed E-state index contributed by atoms with van der Waals surface area (Å²) in [7, 11) is 0. The first-order chi connectivity index (χ1) is 24.4. The summed E-state index contributed by atoms with van der Waals surface area (Å²) in [5, 5.41) is 20.7. The van der Waals surface area contributed by atoms with Crippen LogP contribution in [0.25, 0.3) is 0 Å². The van der Waals surface area contributed by atoms with Gasteiger partial charge in [-0.15, -0.1) is 0 Å². The minimum Gasteiger partial charge on any atom is -0.480 e. The Kier molecular flexibility index (Phi) is 11.2. The summed E-state index contributed by atoms with van der Waals surface area (Å²) in [5.41, 5.74) is -1.62. The van der Waals surface area contributed by atoms with Gasteiger partial charge in [0.1, 0.15) is 22.3 Å². The van der Waals surface area contributed by atoms with Crippen molar-refractivity contribution in [3.63, 3.8) is 0 Å². The molecule has 0 bridgehead atoms. The highest BCUT2D eigenvalue weighted by atomic mass is 16.8. The standard InChI is InChI=1S/C36H38O16/c1-7-19-33(3)45-25(37)21(26(38)46-33)15-11-9-13-17-23-29(41)49-35(5,50-30(23)42)36(6)51-31(43)24(32(44)52-36)18-14-10-12-16-22-27(39)47-34(4,20-8-2)48-28(22)40/h9-18,37,43H,7-8,19-20H2,1-6H3/b12-10+,13-9+,15-11+,18-14+,22-16?,23-17?. The normalized spacial score (nSPS) is 29.9. The van der Waals surface area contributed by atoms with Crippen LogP contribution >= 0.6 is 0 Å². The van der Waals surface area contributed by atoms with Crippen molar-refractivity contribution in [3.05, 3.63) is 94.9 Å². The minimum atomic E-state index is -2.36. The summed E-state index contributed by atoms with van der Waals surface area (Å²) in [6.07, 6.45) is 14.2. The van der Waals surface area contributed by atoms with Gasteiger partial charge in [-0.25, -0.2) is 28.8 Å². The monoisotopic (exact) mass is 726 g/mol. The molecule has 4 heterocycles. The third-order valence-corrected chi connectivity index (χ3v) is 7.90. The zero-order chi connectivity index (χ0) is 38.5. The van der Waals surface area contributed by atoms with E-state index >= 15 is 0 Å². The van der Waals surface area contributed by atoms with Crippen LogP contribution in [-0.4, -0.2) is 69.2 Å². The van der Waals surface area contributed by atoms with Gasteiger partial charge in [-0.3, -0.25) is 0 Å². The van der Waals surface area contributed by atoms with Crippen LogP contribution in [-0.2, 0) is 66.7 Å². The number of ether oxygens (including phenoxy) is 8. The van der Waals surface area contributed by atoms with E-state index in [9.17, 15) is 39.0 Å².